The average molecular weight is 709 g/mol. The van der Waals surface area contributed by atoms with Crippen molar-refractivity contribution in [2.24, 2.45) is 22.1 Å². The van der Waals surface area contributed by atoms with Crippen molar-refractivity contribution >= 4 is 35.1 Å². The zero-order chi connectivity index (χ0) is 37.3. The minimum absolute atomic E-state index is 0.0968. The molecule has 4 aromatic rings. The molecule has 4 rings (SSSR count). The third-order valence-corrected chi connectivity index (χ3v) is 7.64. The van der Waals surface area contributed by atoms with Gasteiger partial charge in [0.15, 0.2) is 13.2 Å². The number of hydrogen-bond donors (Lipinski definition) is 2. The first-order valence-corrected chi connectivity index (χ1v) is 17.0. The van der Waals surface area contributed by atoms with E-state index in [0.29, 0.717) is 11.4 Å². The normalized spacial score (nSPS) is 12.2. The van der Waals surface area contributed by atoms with E-state index in [9.17, 15) is 19.2 Å². The van der Waals surface area contributed by atoms with E-state index in [2.05, 4.69) is 20.9 Å². The Morgan fingerprint density at radius 1 is 0.519 bits per heavy atom. The lowest BCUT2D eigenvalue weighted by Gasteiger charge is -2.21. The Balaban J connectivity index is 1.31. The number of hydrogen-bond acceptors (Lipinski definition) is 10. The molecule has 0 aliphatic carbocycles. The number of para-hydroxylation sites is 2. The molecule has 0 aromatic heterocycles. The number of benzene rings is 4. The molecule has 12 nitrogen and oxygen atoms in total. The summed E-state index contributed by atoms with van der Waals surface area (Å²) in [5.41, 5.74) is 2.35. The quantitative estimate of drug-likeness (QED) is 0.0863. The number of carbonyl (C=O) groups excluding carboxylic acids is 4. The minimum atomic E-state index is -0.863. The molecule has 0 fully saturated rings. The largest absolute Gasteiger partial charge is 0.481 e. The zero-order valence-electron chi connectivity index (χ0n) is 29.7. The number of amides is 2. The Morgan fingerprint density at radius 3 is 1.23 bits per heavy atom. The number of azo groups is 1. The highest BCUT2D eigenvalue weighted by atomic mass is 16.5. The van der Waals surface area contributed by atoms with Crippen LogP contribution in [0.3, 0.4) is 0 Å². The first kappa shape index (κ1) is 38.8. The number of ether oxygens (including phenoxy) is 4. The van der Waals surface area contributed by atoms with Crippen molar-refractivity contribution in [1.82, 2.24) is 10.6 Å². The highest BCUT2D eigenvalue weighted by Crippen LogP contribution is 2.32. The van der Waals surface area contributed by atoms with Gasteiger partial charge in [0, 0.05) is 0 Å². The Morgan fingerprint density at radius 2 is 0.865 bits per heavy atom. The molecule has 0 spiro atoms. The molecule has 0 bridgehead atoms. The Kier molecular flexibility index (Phi) is 14.9. The van der Waals surface area contributed by atoms with Gasteiger partial charge in [0.1, 0.15) is 48.2 Å². The first-order chi connectivity index (χ1) is 25.1. The van der Waals surface area contributed by atoms with Crippen molar-refractivity contribution in [1.29, 1.82) is 0 Å². The van der Waals surface area contributed by atoms with Gasteiger partial charge in [0.05, 0.1) is 0 Å². The molecule has 52 heavy (non-hydrogen) atoms. The van der Waals surface area contributed by atoms with Crippen LogP contribution < -0.4 is 20.1 Å². The van der Waals surface area contributed by atoms with Crippen molar-refractivity contribution in [3.63, 3.8) is 0 Å². The maximum absolute atomic E-state index is 12.8. The number of esters is 2. The van der Waals surface area contributed by atoms with E-state index in [-0.39, 0.29) is 49.8 Å². The standard InChI is InChI=1S/C40H44N4O8/c1-27(2)37(39(47)51-23-29-15-7-5-8-16-29)41-35(45)25-49-33-21-13-11-19-31(33)43-44-32-20-12-14-22-34(32)50-26-36(46)42-38(28(3)4)40(48)52-24-30-17-9-6-10-18-30/h5-22,27-28,37-38H,23-26H2,1-4H3,(H,41,45)(H,42,46)/t37-,38-/m0/s1. The summed E-state index contributed by atoms with van der Waals surface area (Å²) in [6.45, 7) is 6.68. The van der Waals surface area contributed by atoms with E-state index in [1.54, 1.807) is 48.5 Å². The second kappa shape index (κ2) is 20.0. The fraction of sp³-hybridized carbons (Fsp3) is 0.300. The van der Waals surface area contributed by atoms with Gasteiger partial charge in [-0.3, -0.25) is 9.59 Å². The maximum Gasteiger partial charge on any atom is 0.329 e. The van der Waals surface area contributed by atoms with Gasteiger partial charge in [-0.25, -0.2) is 9.59 Å². The predicted molar refractivity (Wildman–Crippen MR) is 194 cm³/mol. The van der Waals surface area contributed by atoms with Gasteiger partial charge in [-0.15, -0.1) is 10.2 Å². The molecule has 2 amide bonds. The lowest BCUT2D eigenvalue weighted by atomic mass is 10.0. The van der Waals surface area contributed by atoms with E-state index < -0.39 is 35.8 Å². The Bertz CT molecular complexity index is 1670. The van der Waals surface area contributed by atoms with Gasteiger partial charge in [0.25, 0.3) is 11.8 Å². The number of nitrogens with one attached hydrogen (secondary N) is 2. The van der Waals surface area contributed by atoms with Crippen molar-refractivity contribution in [2.75, 3.05) is 13.2 Å². The van der Waals surface area contributed by atoms with Crippen LogP contribution in [0.2, 0.25) is 0 Å². The van der Waals surface area contributed by atoms with Crippen LogP contribution >= 0.6 is 0 Å². The third-order valence-electron chi connectivity index (χ3n) is 7.64. The summed E-state index contributed by atoms with van der Waals surface area (Å²) in [4.78, 5) is 51.2. The van der Waals surface area contributed by atoms with Crippen LogP contribution in [0.1, 0.15) is 38.8 Å². The van der Waals surface area contributed by atoms with Crippen molar-refractivity contribution in [3.05, 3.63) is 120 Å². The zero-order valence-corrected chi connectivity index (χ0v) is 29.7. The van der Waals surface area contributed by atoms with Crippen LogP contribution in [0.4, 0.5) is 11.4 Å². The summed E-state index contributed by atoms with van der Waals surface area (Å²) in [5.74, 6) is -1.98. The Labute approximate surface area is 303 Å². The number of nitrogens with zero attached hydrogens (tertiary/aromatic N) is 2. The van der Waals surface area contributed by atoms with Gasteiger partial charge in [-0.1, -0.05) is 113 Å². The smallest absolute Gasteiger partial charge is 0.329 e. The molecule has 0 saturated heterocycles. The summed E-state index contributed by atoms with van der Waals surface area (Å²) in [6, 6.07) is 30.4. The summed E-state index contributed by atoms with van der Waals surface area (Å²) in [7, 11) is 0. The third kappa shape index (κ3) is 12.4. The fourth-order valence-corrected chi connectivity index (χ4v) is 4.78. The summed E-state index contributed by atoms with van der Waals surface area (Å²) in [6.07, 6.45) is 0. The highest BCUT2D eigenvalue weighted by Gasteiger charge is 2.27. The molecule has 0 saturated carbocycles. The lowest BCUT2D eigenvalue weighted by Crippen LogP contribution is -2.46. The summed E-state index contributed by atoms with van der Waals surface area (Å²) >= 11 is 0. The molecular weight excluding hydrogens is 664 g/mol. The van der Waals surface area contributed by atoms with Gasteiger partial charge in [-0.2, -0.15) is 0 Å². The van der Waals surface area contributed by atoms with E-state index >= 15 is 0 Å². The second-order valence-electron chi connectivity index (χ2n) is 12.5. The molecule has 2 atom stereocenters. The molecule has 4 aromatic carbocycles. The van der Waals surface area contributed by atoms with Crippen molar-refractivity contribution < 1.29 is 38.1 Å². The molecule has 0 aliphatic rings. The maximum atomic E-state index is 12.8. The van der Waals surface area contributed by atoms with Gasteiger partial charge >= 0.3 is 11.9 Å². The average Bonchev–Trinajstić information content (AvgIpc) is 3.15. The Hall–Kier alpha value is -6.04. The van der Waals surface area contributed by atoms with Crippen LogP contribution in [-0.2, 0) is 41.9 Å². The number of rotatable bonds is 18. The van der Waals surface area contributed by atoms with E-state index in [4.69, 9.17) is 18.9 Å². The molecule has 2 N–H and O–H groups in total. The number of carbonyl (C=O) groups is 4. The summed E-state index contributed by atoms with van der Waals surface area (Å²) < 4.78 is 22.4. The molecule has 0 aliphatic heterocycles. The van der Waals surface area contributed by atoms with Crippen molar-refractivity contribution in [2.45, 2.75) is 53.0 Å². The van der Waals surface area contributed by atoms with Crippen LogP contribution in [0.15, 0.2) is 119 Å². The fourth-order valence-electron chi connectivity index (χ4n) is 4.78. The minimum Gasteiger partial charge on any atom is -0.481 e. The van der Waals surface area contributed by atoms with Crippen LogP contribution in [-0.4, -0.2) is 49.1 Å². The lowest BCUT2D eigenvalue weighted by molar-refractivity contribution is -0.151. The van der Waals surface area contributed by atoms with Crippen LogP contribution in [0.5, 0.6) is 11.5 Å². The monoisotopic (exact) mass is 708 g/mol. The molecule has 0 heterocycles. The molecule has 272 valence electrons. The topological polar surface area (TPSA) is 154 Å². The SMILES string of the molecule is CC(C)[C@H](NC(=O)COc1ccccc1N=Nc1ccccc1OCC(=O)N[C@H](C(=O)OCc1ccccc1)C(C)C)C(=O)OCc1ccccc1. The molecule has 0 unspecified atom stereocenters. The van der Waals surface area contributed by atoms with Crippen LogP contribution in [0.25, 0.3) is 0 Å². The van der Waals surface area contributed by atoms with Crippen LogP contribution in [0, 0.1) is 11.8 Å². The second-order valence-corrected chi connectivity index (χ2v) is 12.5. The predicted octanol–water partition coefficient (Wildman–Crippen LogP) is 6.63. The van der Waals surface area contributed by atoms with E-state index in [1.165, 1.54) is 0 Å². The van der Waals surface area contributed by atoms with E-state index in [1.807, 2.05) is 88.4 Å². The highest BCUT2D eigenvalue weighted by molar-refractivity contribution is 5.86. The van der Waals surface area contributed by atoms with Gasteiger partial charge < -0.3 is 29.6 Å². The van der Waals surface area contributed by atoms with Gasteiger partial charge in [0.2, 0.25) is 0 Å². The first-order valence-electron chi connectivity index (χ1n) is 17.0. The van der Waals surface area contributed by atoms with Gasteiger partial charge in [-0.05, 0) is 47.2 Å². The summed E-state index contributed by atoms with van der Waals surface area (Å²) in [5, 5.41) is 14.0. The molecular formula is C40H44N4O8. The van der Waals surface area contributed by atoms with Crippen molar-refractivity contribution in [3.8, 4) is 11.5 Å². The molecule has 12 heteroatoms. The molecule has 0 radical (unpaired) electrons. The van der Waals surface area contributed by atoms with E-state index in [0.717, 1.165) is 11.1 Å².